The van der Waals surface area contributed by atoms with Crippen molar-refractivity contribution in [2.24, 2.45) is 5.73 Å². The number of amides is 1. The highest BCUT2D eigenvalue weighted by Gasteiger charge is 2.19. The molecular weight excluding hydrogens is 689 g/mol. The van der Waals surface area contributed by atoms with Crippen molar-refractivity contribution in [2.75, 3.05) is 20.1 Å². The van der Waals surface area contributed by atoms with Crippen LogP contribution in [0, 0.1) is 6.92 Å². The third kappa shape index (κ3) is 9.25. The van der Waals surface area contributed by atoms with E-state index in [4.69, 9.17) is 30.7 Å². The molecule has 0 spiro atoms. The first kappa shape index (κ1) is 37.0. The first-order chi connectivity index (χ1) is 26.7. The van der Waals surface area contributed by atoms with Gasteiger partial charge >= 0.3 is 0 Å². The van der Waals surface area contributed by atoms with Crippen LogP contribution in [0.4, 0.5) is 0 Å². The fourth-order valence-electron chi connectivity index (χ4n) is 6.56. The number of hydrogen-bond acceptors (Lipinski definition) is 11. The zero-order valence-electron chi connectivity index (χ0n) is 30.9. The van der Waals surface area contributed by atoms with E-state index in [1.54, 1.807) is 24.3 Å². The van der Waals surface area contributed by atoms with Gasteiger partial charge in [-0.25, -0.2) is 24.9 Å². The van der Waals surface area contributed by atoms with Gasteiger partial charge in [-0.15, -0.1) is 0 Å². The molecule has 0 atom stereocenters. The zero-order chi connectivity index (χ0) is 38.3. The molecule has 7 rings (SSSR count). The Balaban J connectivity index is 1.36. The molecular formula is C43H42N10O2. The van der Waals surface area contributed by atoms with Crippen LogP contribution < -0.4 is 11.1 Å². The minimum absolute atomic E-state index is 0.239. The van der Waals surface area contributed by atoms with Gasteiger partial charge < -0.3 is 11.1 Å². The van der Waals surface area contributed by atoms with Gasteiger partial charge in [0.2, 0.25) is 0 Å². The predicted molar refractivity (Wildman–Crippen MR) is 211 cm³/mol. The molecule has 55 heavy (non-hydrogen) atoms. The number of nitrogens with one attached hydrogen (secondary N) is 1. The van der Waals surface area contributed by atoms with Crippen molar-refractivity contribution in [3.8, 4) is 34.2 Å². The van der Waals surface area contributed by atoms with Crippen molar-refractivity contribution < 1.29 is 9.59 Å². The summed E-state index contributed by atoms with van der Waals surface area (Å²) in [5.74, 6) is -0.526. The quantitative estimate of drug-likeness (QED) is 0.149. The average Bonchev–Trinajstić information content (AvgIpc) is 3.19. The van der Waals surface area contributed by atoms with E-state index in [-0.39, 0.29) is 11.7 Å². The average molecular weight is 731 g/mol. The fourth-order valence-corrected chi connectivity index (χ4v) is 6.56. The van der Waals surface area contributed by atoms with Gasteiger partial charge in [-0.05, 0) is 92.8 Å². The highest BCUT2D eigenvalue weighted by Crippen LogP contribution is 2.25. The minimum Gasteiger partial charge on any atom is -0.351 e. The maximum absolute atomic E-state index is 13.5. The number of rotatable bonds is 8. The van der Waals surface area contributed by atoms with Crippen LogP contribution in [0.2, 0.25) is 0 Å². The number of ketones is 1. The van der Waals surface area contributed by atoms with Gasteiger partial charge in [-0.2, -0.15) is 0 Å². The Labute approximate surface area is 320 Å². The zero-order valence-corrected chi connectivity index (χ0v) is 30.9. The summed E-state index contributed by atoms with van der Waals surface area (Å²) in [6.45, 7) is 8.45. The molecule has 1 amide bonds. The van der Waals surface area contributed by atoms with Crippen molar-refractivity contribution in [2.45, 2.75) is 39.6 Å². The van der Waals surface area contributed by atoms with E-state index < -0.39 is 0 Å². The third-order valence-corrected chi connectivity index (χ3v) is 9.04. The molecule has 12 nitrogen and oxygen atoms in total. The molecule has 1 aliphatic heterocycles. The summed E-state index contributed by atoms with van der Waals surface area (Å²) in [7, 11) is 1.98. The van der Waals surface area contributed by atoms with Crippen molar-refractivity contribution in [3.63, 3.8) is 0 Å². The number of carbonyl (C=O) groups is 2. The highest BCUT2D eigenvalue weighted by atomic mass is 16.1. The van der Waals surface area contributed by atoms with E-state index in [2.05, 4.69) is 26.7 Å². The lowest BCUT2D eigenvalue weighted by Crippen LogP contribution is -2.29. The number of aromatic nitrogens is 6. The second-order valence-electron chi connectivity index (χ2n) is 13.6. The van der Waals surface area contributed by atoms with Crippen molar-refractivity contribution >= 4 is 11.7 Å². The summed E-state index contributed by atoms with van der Waals surface area (Å²) < 4.78 is 0. The maximum atomic E-state index is 13.5. The molecule has 0 radical (unpaired) electrons. The van der Waals surface area contributed by atoms with Crippen LogP contribution in [0.15, 0.2) is 110 Å². The van der Waals surface area contributed by atoms with E-state index >= 15 is 0 Å². The molecule has 0 fully saturated rings. The number of hydrogen-bond donors (Lipinski definition) is 2. The molecule has 276 valence electrons. The Kier molecular flexibility index (Phi) is 11.3. The number of nitrogens with two attached hydrogens (primary N) is 1. The fraction of sp³-hybridized carbons (Fsp3) is 0.209. The smallest absolute Gasteiger partial charge is 0.251 e. The number of aryl methyl sites for hydroxylation is 1. The van der Waals surface area contributed by atoms with E-state index in [1.807, 2.05) is 86.8 Å². The van der Waals surface area contributed by atoms with Crippen LogP contribution in [0.3, 0.4) is 0 Å². The molecule has 6 aromatic heterocycles. The van der Waals surface area contributed by atoms with Crippen LogP contribution >= 0.6 is 0 Å². The van der Waals surface area contributed by atoms with Crippen molar-refractivity contribution in [3.05, 3.63) is 155 Å². The molecule has 6 aromatic rings. The van der Waals surface area contributed by atoms with Gasteiger partial charge in [0.25, 0.3) is 5.91 Å². The Morgan fingerprint density at radius 3 is 1.87 bits per heavy atom. The molecule has 0 aromatic carbocycles. The molecule has 0 unspecified atom stereocenters. The summed E-state index contributed by atoms with van der Waals surface area (Å²) >= 11 is 0. The molecule has 3 N–H and O–H groups in total. The second kappa shape index (κ2) is 16.8. The van der Waals surface area contributed by atoms with Crippen LogP contribution in [0.25, 0.3) is 34.2 Å². The van der Waals surface area contributed by atoms with Crippen LogP contribution in [0.5, 0.6) is 0 Å². The van der Waals surface area contributed by atoms with E-state index in [0.717, 1.165) is 45.6 Å². The summed E-state index contributed by atoms with van der Waals surface area (Å²) in [4.78, 5) is 60.6. The van der Waals surface area contributed by atoms with Gasteiger partial charge in [-0.3, -0.25) is 24.4 Å². The number of fused-ring (bicyclic) bond motifs is 10. The van der Waals surface area contributed by atoms with E-state index in [9.17, 15) is 9.59 Å². The molecule has 8 bridgehead atoms. The van der Waals surface area contributed by atoms with Crippen molar-refractivity contribution in [1.29, 1.82) is 0 Å². The number of carbonyl (C=O) groups excluding carboxylic acids is 2. The molecule has 7 heterocycles. The Morgan fingerprint density at radius 1 is 0.673 bits per heavy atom. The monoisotopic (exact) mass is 730 g/mol. The van der Waals surface area contributed by atoms with Crippen LogP contribution in [-0.4, -0.2) is 71.5 Å². The van der Waals surface area contributed by atoms with E-state index in [0.29, 0.717) is 79.7 Å². The number of pyridine rings is 6. The summed E-state index contributed by atoms with van der Waals surface area (Å²) in [6, 6.07) is 30.7. The first-order valence-electron chi connectivity index (χ1n) is 18.1. The lowest BCUT2D eigenvalue weighted by Gasteiger charge is -2.23. The Bertz CT molecular complexity index is 2380. The standard InChI is InChI=1S/C43H42N10O2/c1-4-42(54)29-19-34-24-52(3)23-31-10-6-15-38(47-31)39-16-8-12-33(49-39)26-53(25-32-11-7-14-37(48-32)36-13-5-9-28(2)46-36)27-35-20-30(43(55)45-18-17-44)22-41(51-35)40(21-29)50-34/h4-16,19-22H,1,17-18,23-27,44H2,2-3H3,(H,45,55). The second-order valence-corrected chi connectivity index (χ2v) is 13.6. The molecule has 0 saturated heterocycles. The largest absolute Gasteiger partial charge is 0.351 e. The normalized spacial score (nSPS) is 13.4. The van der Waals surface area contributed by atoms with Gasteiger partial charge in [0.15, 0.2) is 5.78 Å². The Hall–Kier alpha value is -6.34. The molecule has 12 heteroatoms. The van der Waals surface area contributed by atoms with Gasteiger partial charge in [-0.1, -0.05) is 30.8 Å². The van der Waals surface area contributed by atoms with Gasteiger partial charge in [0.05, 0.1) is 62.6 Å². The number of allylic oxidation sites excluding steroid dienone is 1. The minimum atomic E-state index is -0.287. The Morgan fingerprint density at radius 2 is 1.20 bits per heavy atom. The van der Waals surface area contributed by atoms with Crippen LogP contribution in [0.1, 0.15) is 54.9 Å². The van der Waals surface area contributed by atoms with Crippen LogP contribution in [-0.2, 0) is 32.7 Å². The maximum Gasteiger partial charge on any atom is 0.251 e. The summed E-state index contributed by atoms with van der Waals surface area (Å²) in [6.07, 6.45) is 1.29. The lowest BCUT2D eigenvalue weighted by molar-refractivity contribution is 0.0953. The first-order valence-corrected chi connectivity index (χ1v) is 18.1. The molecule has 0 saturated carbocycles. The summed E-state index contributed by atoms with van der Waals surface area (Å²) in [5.41, 5.74) is 15.3. The van der Waals surface area contributed by atoms with Crippen molar-refractivity contribution in [1.82, 2.24) is 45.0 Å². The summed E-state index contributed by atoms with van der Waals surface area (Å²) in [5, 5.41) is 2.89. The van der Waals surface area contributed by atoms with Gasteiger partial charge in [0.1, 0.15) is 0 Å². The molecule has 0 aliphatic carbocycles. The third-order valence-electron chi connectivity index (χ3n) is 9.04. The topological polar surface area (TPSA) is 156 Å². The highest BCUT2D eigenvalue weighted by molar-refractivity contribution is 6.04. The molecule has 1 aliphatic rings. The van der Waals surface area contributed by atoms with Gasteiger partial charge in [0, 0.05) is 62.6 Å². The lowest BCUT2D eigenvalue weighted by atomic mass is 10.1. The SMILES string of the molecule is C=CC(=O)c1cc2nc(c1)-c1cc(C(=O)NCCN)cc(n1)CN(Cc1cccc(-c3cccc(C)n3)n1)Cc1cccc(n1)-c1cccc(n1)CN(C)C2. The predicted octanol–water partition coefficient (Wildman–Crippen LogP) is 5.57. The van der Waals surface area contributed by atoms with E-state index in [1.165, 1.54) is 6.08 Å². The number of nitrogens with zero attached hydrogens (tertiary/aromatic N) is 8.